The van der Waals surface area contributed by atoms with Crippen LogP contribution in [0.15, 0.2) is 24.3 Å². The van der Waals surface area contributed by atoms with E-state index in [0.717, 1.165) is 0 Å². The molecule has 0 aromatic heterocycles. The third-order valence-corrected chi connectivity index (χ3v) is 3.38. The predicted octanol–water partition coefficient (Wildman–Crippen LogP) is 2.69. The second-order valence-electron chi connectivity index (χ2n) is 6.51. The van der Waals surface area contributed by atoms with Gasteiger partial charge in [-0.1, -0.05) is 24.3 Å². The molecule has 0 bridgehead atoms. The first-order valence-corrected chi connectivity index (χ1v) is 7.24. The van der Waals surface area contributed by atoms with Gasteiger partial charge in [-0.15, -0.1) is 0 Å². The standard InChI is InChI=1S/C17H20N2O3/c1-17(2,3)22-16(21)13-9-19(10-13)11-15(20)12-5-7-14(18-4)8-6-12/h5-8,13H,9-11H2,1-3H3. The predicted molar refractivity (Wildman–Crippen MR) is 82.8 cm³/mol. The van der Waals surface area contributed by atoms with Crippen LogP contribution in [0.25, 0.3) is 4.85 Å². The fraction of sp³-hybridized carbons (Fsp3) is 0.471. The van der Waals surface area contributed by atoms with Crippen LogP contribution in [0.5, 0.6) is 0 Å². The van der Waals surface area contributed by atoms with Crippen molar-refractivity contribution < 1.29 is 14.3 Å². The number of hydrogen-bond acceptors (Lipinski definition) is 4. The van der Waals surface area contributed by atoms with E-state index in [2.05, 4.69) is 4.85 Å². The molecule has 1 aliphatic heterocycles. The molecule has 0 saturated carbocycles. The molecule has 5 nitrogen and oxygen atoms in total. The molecule has 1 heterocycles. The molecule has 5 heteroatoms. The van der Waals surface area contributed by atoms with Crippen LogP contribution < -0.4 is 0 Å². The minimum atomic E-state index is -0.474. The lowest BCUT2D eigenvalue weighted by Crippen LogP contribution is -2.53. The topological polar surface area (TPSA) is 51.0 Å². The zero-order chi connectivity index (χ0) is 16.3. The average Bonchev–Trinajstić information content (AvgIpc) is 2.40. The molecule has 1 aromatic rings. The molecule has 22 heavy (non-hydrogen) atoms. The SMILES string of the molecule is [C-]#[N+]c1ccc(C(=O)CN2CC(C(=O)OC(C)(C)C)C2)cc1. The lowest BCUT2D eigenvalue weighted by Gasteiger charge is -2.38. The van der Waals surface area contributed by atoms with Crippen molar-refractivity contribution in [2.45, 2.75) is 26.4 Å². The first-order valence-electron chi connectivity index (χ1n) is 7.24. The Balaban J connectivity index is 1.81. The zero-order valence-corrected chi connectivity index (χ0v) is 13.1. The number of nitrogens with zero attached hydrogens (tertiary/aromatic N) is 2. The summed E-state index contributed by atoms with van der Waals surface area (Å²) >= 11 is 0. The van der Waals surface area contributed by atoms with E-state index in [1.54, 1.807) is 24.3 Å². The average molecular weight is 300 g/mol. The molecule has 0 radical (unpaired) electrons. The minimum absolute atomic E-state index is 0.000769. The van der Waals surface area contributed by atoms with Gasteiger partial charge in [0.15, 0.2) is 11.5 Å². The van der Waals surface area contributed by atoms with Gasteiger partial charge in [0.25, 0.3) is 0 Å². The van der Waals surface area contributed by atoms with Crippen molar-refractivity contribution in [3.05, 3.63) is 41.2 Å². The monoisotopic (exact) mass is 300 g/mol. The molecule has 0 unspecified atom stereocenters. The molecule has 1 fully saturated rings. The highest BCUT2D eigenvalue weighted by Gasteiger charge is 2.36. The second-order valence-corrected chi connectivity index (χ2v) is 6.51. The number of ketones is 1. The summed E-state index contributed by atoms with van der Waals surface area (Å²) in [5.74, 6) is -0.340. The van der Waals surface area contributed by atoms with Gasteiger partial charge in [0.1, 0.15) is 5.60 Å². The Morgan fingerprint density at radius 1 is 1.27 bits per heavy atom. The second kappa shape index (κ2) is 6.29. The number of Topliss-reactive ketones (excluding diaryl/α,β-unsaturated/α-hetero) is 1. The maximum atomic E-state index is 12.1. The van der Waals surface area contributed by atoms with E-state index >= 15 is 0 Å². The third-order valence-electron chi connectivity index (χ3n) is 3.38. The highest BCUT2D eigenvalue weighted by atomic mass is 16.6. The highest BCUT2D eigenvalue weighted by molar-refractivity contribution is 5.98. The van der Waals surface area contributed by atoms with E-state index in [0.29, 0.717) is 24.3 Å². The zero-order valence-electron chi connectivity index (χ0n) is 13.1. The van der Waals surface area contributed by atoms with E-state index < -0.39 is 5.60 Å². The number of carbonyl (C=O) groups excluding carboxylic acids is 2. The first-order chi connectivity index (χ1) is 10.3. The summed E-state index contributed by atoms with van der Waals surface area (Å²) in [6.07, 6.45) is 0. The van der Waals surface area contributed by atoms with Crippen LogP contribution in [0.2, 0.25) is 0 Å². The first kappa shape index (κ1) is 16.2. The molecule has 116 valence electrons. The van der Waals surface area contributed by atoms with E-state index in [4.69, 9.17) is 11.3 Å². The number of esters is 1. The summed E-state index contributed by atoms with van der Waals surface area (Å²) in [5.41, 5.74) is 0.636. The Morgan fingerprint density at radius 2 is 1.86 bits per heavy atom. The molecule has 2 rings (SSSR count). The molecule has 0 spiro atoms. The van der Waals surface area contributed by atoms with Gasteiger partial charge in [-0.05, 0) is 20.8 Å². The Kier molecular flexibility index (Phi) is 4.62. The Labute approximate surface area is 130 Å². The number of likely N-dealkylation sites (tertiary alicyclic amines) is 1. The van der Waals surface area contributed by atoms with E-state index in [1.165, 1.54) is 0 Å². The number of ether oxygens (including phenoxy) is 1. The number of benzene rings is 1. The van der Waals surface area contributed by atoms with Crippen molar-refractivity contribution >= 4 is 17.4 Å². The largest absolute Gasteiger partial charge is 0.460 e. The quantitative estimate of drug-likeness (QED) is 0.487. The van der Waals surface area contributed by atoms with Crippen molar-refractivity contribution in [3.63, 3.8) is 0 Å². The lowest BCUT2D eigenvalue weighted by atomic mass is 9.98. The van der Waals surface area contributed by atoms with Gasteiger partial charge in [-0.3, -0.25) is 14.5 Å². The Hall–Kier alpha value is -2.19. The smallest absolute Gasteiger partial charge is 0.312 e. The fourth-order valence-electron chi connectivity index (χ4n) is 2.25. The summed E-state index contributed by atoms with van der Waals surface area (Å²) in [7, 11) is 0. The van der Waals surface area contributed by atoms with Crippen molar-refractivity contribution in [3.8, 4) is 0 Å². The normalized spacial score (nSPS) is 15.7. The van der Waals surface area contributed by atoms with Gasteiger partial charge in [0.2, 0.25) is 0 Å². The number of hydrogen-bond donors (Lipinski definition) is 0. The minimum Gasteiger partial charge on any atom is -0.460 e. The Morgan fingerprint density at radius 3 is 2.36 bits per heavy atom. The van der Waals surface area contributed by atoms with Gasteiger partial charge in [-0.2, -0.15) is 0 Å². The molecule has 0 amide bonds. The van der Waals surface area contributed by atoms with Crippen LogP contribution in [0, 0.1) is 12.5 Å². The Bertz CT molecular complexity index is 602. The number of carbonyl (C=O) groups is 2. The van der Waals surface area contributed by atoms with E-state index in [-0.39, 0.29) is 24.2 Å². The summed E-state index contributed by atoms with van der Waals surface area (Å²) in [6.45, 7) is 13.8. The van der Waals surface area contributed by atoms with Crippen LogP contribution >= 0.6 is 0 Å². The van der Waals surface area contributed by atoms with Crippen LogP contribution in [0.4, 0.5) is 5.69 Å². The van der Waals surface area contributed by atoms with Gasteiger partial charge in [-0.25, -0.2) is 4.85 Å². The fourth-order valence-corrected chi connectivity index (χ4v) is 2.25. The van der Waals surface area contributed by atoms with Gasteiger partial charge < -0.3 is 4.74 Å². The third kappa shape index (κ3) is 4.15. The maximum absolute atomic E-state index is 12.1. The summed E-state index contributed by atoms with van der Waals surface area (Å²) in [6, 6.07) is 6.61. The molecule has 0 N–H and O–H groups in total. The highest BCUT2D eigenvalue weighted by Crippen LogP contribution is 2.21. The van der Waals surface area contributed by atoms with Gasteiger partial charge in [0, 0.05) is 18.7 Å². The van der Waals surface area contributed by atoms with Crippen LogP contribution in [-0.2, 0) is 9.53 Å². The summed E-state index contributed by atoms with van der Waals surface area (Å²) < 4.78 is 5.33. The van der Waals surface area contributed by atoms with Crippen molar-refractivity contribution in [1.82, 2.24) is 4.90 Å². The number of rotatable bonds is 4. The van der Waals surface area contributed by atoms with Crippen molar-refractivity contribution in [2.75, 3.05) is 19.6 Å². The molecular weight excluding hydrogens is 280 g/mol. The van der Waals surface area contributed by atoms with Crippen LogP contribution in [0.1, 0.15) is 31.1 Å². The van der Waals surface area contributed by atoms with Crippen molar-refractivity contribution in [2.24, 2.45) is 5.92 Å². The molecule has 1 aliphatic rings. The summed E-state index contributed by atoms with van der Waals surface area (Å²) in [5, 5.41) is 0. The van der Waals surface area contributed by atoms with E-state index in [9.17, 15) is 9.59 Å². The summed E-state index contributed by atoms with van der Waals surface area (Å²) in [4.78, 5) is 29.2. The molecule has 1 aromatic carbocycles. The molecule has 1 saturated heterocycles. The van der Waals surface area contributed by atoms with Crippen LogP contribution in [0.3, 0.4) is 0 Å². The molecule has 0 atom stereocenters. The van der Waals surface area contributed by atoms with E-state index in [1.807, 2.05) is 25.7 Å². The van der Waals surface area contributed by atoms with Crippen molar-refractivity contribution in [1.29, 1.82) is 0 Å². The maximum Gasteiger partial charge on any atom is 0.312 e. The van der Waals surface area contributed by atoms with Crippen LogP contribution in [-0.4, -0.2) is 41.9 Å². The van der Waals surface area contributed by atoms with Gasteiger partial charge in [0.05, 0.1) is 19.0 Å². The van der Waals surface area contributed by atoms with Gasteiger partial charge >= 0.3 is 5.97 Å². The molecule has 0 aliphatic carbocycles. The molecular formula is C17H20N2O3. The lowest BCUT2D eigenvalue weighted by molar-refractivity contribution is -0.165.